The molecule has 0 fully saturated rings. The van der Waals surface area contributed by atoms with Crippen LogP contribution in [-0.2, 0) is 4.79 Å². The standard InChI is InChI=1S/C15H17NO3/c1-10-15(11-6-2-3-7-12(11)16-10)13(17)8-4-5-9-14(18)19/h2-3,6-7,16H,4-5,8-9H2,1H3,(H,18,19). The predicted molar refractivity (Wildman–Crippen MR) is 73.5 cm³/mol. The molecule has 0 saturated carbocycles. The molecule has 100 valence electrons. The van der Waals surface area contributed by atoms with Gasteiger partial charge in [0.2, 0.25) is 0 Å². The van der Waals surface area contributed by atoms with E-state index in [2.05, 4.69) is 4.98 Å². The summed E-state index contributed by atoms with van der Waals surface area (Å²) in [5, 5.41) is 9.51. The van der Waals surface area contributed by atoms with Crippen LogP contribution in [0.15, 0.2) is 24.3 Å². The molecule has 0 amide bonds. The Bertz CT molecular complexity index is 613. The Morgan fingerprint density at radius 2 is 1.84 bits per heavy atom. The SMILES string of the molecule is Cc1[nH]c2ccccc2c1C(=O)CCCCC(=O)O. The number of aromatic nitrogens is 1. The number of Topliss-reactive ketones (excluding diaryl/α,β-unsaturated/α-hetero) is 1. The second kappa shape index (κ2) is 5.69. The number of aryl methyl sites for hydroxylation is 1. The van der Waals surface area contributed by atoms with Gasteiger partial charge in [-0.25, -0.2) is 0 Å². The largest absolute Gasteiger partial charge is 0.481 e. The number of unbranched alkanes of at least 4 members (excludes halogenated alkanes) is 1. The van der Waals surface area contributed by atoms with Crippen molar-refractivity contribution in [3.8, 4) is 0 Å². The third kappa shape index (κ3) is 3.02. The van der Waals surface area contributed by atoms with E-state index < -0.39 is 5.97 Å². The van der Waals surface area contributed by atoms with Crippen LogP contribution in [0.1, 0.15) is 41.7 Å². The zero-order chi connectivity index (χ0) is 13.8. The van der Waals surface area contributed by atoms with Crippen molar-refractivity contribution in [2.75, 3.05) is 0 Å². The normalized spacial score (nSPS) is 10.8. The van der Waals surface area contributed by atoms with Gasteiger partial charge in [0.05, 0.1) is 0 Å². The maximum absolute atomic E-state index is 12.2. The summed E-state index contributed by atoms with van der Waals surface area (Å²) in [4.78, 5) is 25.8. The smallest absolute Gasteiger partial charge is 0.303 e. The minimum atomic E-state index is -0.810. The number of para-hydroxylation sites is 1. The van der Waals surface area contributed by atoms with E-state index in [4.69, 9.17) is 5.11 Å². The van der Waals surface area contributed by atoms with Crippen LogP contribution in [0.25, 0.3) is 10.9 Å². The molecule has 4 heteroatoms. The first-order valence-corrected chi connectivity index (χ1v) is 6.42. The van der Waals surface area contributed by atoms with Gasteiger partial charge in [-0.15, -0.1) is 0 Å². The molecule has 0 spiro atoms. The van der Waals surface area contributed by atoms with Crippen LogP contribution in [-0.4, -0.2) is 21.8 Å². The average molecular weight is 259 g/mol. The Hall–Kier alpha value is -2.10. The van der Waals surface area contributed by atoms with Crippen LogP contribution < -0.4 is 0 Å². The molecule has 0 unspecified atom stereocenters. The van der Waals surface area contributed by atoms with Crippen LogP contribution in [0.3, 0.4) is 0 Å². The van der Waals surface area contributed by atoms with E-state index in [1.165, 1.54) is 0 Å². The molecule has 2 rings (SSSR count). The van der Waals surface area contributed by atoms with Crippen molar-refractivity contribution in [2.24, 2.45) is 0 Å². The molecule has 0 aliphatic carbocycles. The van der Waals surface area contributed by atoms with Crippen molar-refractivity contribution in [1.29, 1.82) is 0 Å². The fraction of sp³-hybridized carbons (Fsp3) is 0.333. The Balaban J connectivity index is 2.09. The van der Waals surface area contributed by atoms with Crippen molar-refractivity contribution in [1.82, 2.24) is 4.98 Å². The monoisotopic (exact) mass is 259 g/mol. The number of carboxylic acids is 1. The van der Waals surface area contributed by atoms with Gasteiger partial charge in [0.1, 0.15) is 0 Å². The Morgan fingerprint density at radius 1 is 1.16 bits per heavy atom. The van der Waals surface area contributed by atoms with Gasteiger partial charge in [-0.2, -0.15) is 0 Å². The maximum atomic E-state index is 12.2. The van der Waals surface area contributed by atoms with E-state index >= 15 is 0 Å². The number of hydrogen-bond acceptors (Lipinski definition) is 2. The number of carbonyl (C=O) groups excluding carboxylic acids is 1. The Morgan fingerprint density at radius 3 is 2.58 bits per heavy atom. The summed E-state index contributed by atoms with van der Waals surface area (Å²) in [5.74, 6) is -0.726. The second-order valence-electron chi connectivity index (χ2n) is 4.69. The number of aromatic amines is 1. The third-order valence-corrected chi connectivity index (χ3v) is 3.22. The fourth-order valence-corrected chi connectivity index (χ4v) is 2.32. The number of H-pyrrole nitrogens is 1. The van der Waals surface area contributed by atoms with E-state index in [-0.39, 0.29) is 12.2 Å². The molecule has 0 aliphatic heterocycles. The van der Waals surface area contributed by atoms with Crippen molar-refractivity contribution in [3.05, 3.63) is 35.5 Å². The third-order valence-electron chi connectivity index (χ3n) is 3.22. The molecule has 1 heterocycles. The summed E-state index contributed by atoms with van der Waals surface area (Å²) in [7, 11) is 0. The molecular weight excluding hydrogens is 242 g/mol. The summed E-state index contributed by atoms with van der Waals surface area (Å²) in [5.41, 5.74) is 2.59. The lowest BCUT2D eigenvalue weighted by atomic mass is 10.0. The number of carboxylic acid groups (broad SMARTS) is 1. The second-order valence-corrected chi connectivity index (χ2v) is 4.69. The highest BCUT2D eigenvalue weighted by Gasteiger charge is 2.15. The number of nitrogens with one attached hydrogen (secondary N) is 1. The lowest BCUT2D eigenvalue weighted by Crippen LogP contribution is -2.01. The Labute approximate surface area is 111 Å². The highest BCUT2D eigenvalue weighted by atomic mass is 16.4. The van der Waals surface area contributed by atoms with Gasteiger partial charge in [0, 0.05) is 35.0 Å². The fourth-order valence-electron chi connectivity index (χ4n) is 2.32. The number of benzene rings is 1. The predicted octanol–water partition coefficient (Wildman–Crippen LogP) is 3.30. The summed E-state index contributed by atoms with van der Waals surface area (Å²) in [6.07, 6.45) is 1.68. The zero-order valence-electron chi connectivity index (χ0n) is 10.9. The van der Waals surface area contributed by atoms with Gasteiger partial charge in [0.15, 0.2) is 5.78 Å². The molecule has 2 N–H and O–H groups in total. The summed E-state index contributed by atoms with van der Waals surface area (Å²) < 4.78 is 0. The average Bonchev–Trinajstić information content (AvgIpc) is 2.70. The van der Waals surface area contributed by atoms with Crippen molar-refractivity contribution < 1.29 is 14.7 Å². The molecular formula is C15H17NO3. The van der Waals surface area contributed by atoms with Crippen LogP contribution in [0.2, 0.25) is 0 Å². The minimum absolute atomic E-state index is 0.0836. The number of fused-ring (bicyclic) bond motifs is 1. The van der Waals surface area contributed by atoms with Crippen molar-refractivity contribution in [2.45, 2.75) is 32.6 Å². The van der Waals surface area contributed by atoms with E-state index in [0.717, 1.165) is 22.2 Å². The van der Waals surface area contributed by atoms with E-state index in [1.54, 1.807) is 0 Å². The van der Waals surface area contributed by atoms with Crippen LogP contribution in [0, 0.1) is 6.92 Å². The molecule has 0 aliphatic rings. The molecule has 1 aromatic heterocycles. The van der Waals surface area contributed by atoms with Gasteiger partial charge in [-0.1, -0.05) is 18.2 Å². The van der Waals surface area contributed by atoms with E-state index in [9.17, 15) is 9.59 Å². The first-order valence-electron chi connectivity index (χ1n) is 6.42. The first kappa shape index (κ1) is 13.3. The number of carbonyl (C=O) groups is 2. The zero-order valence-corrected chi connectivity index (χ0v) is 10.9. The topological polar surface area (TPSA) is 70.2 Å². The summed E-state index contributed by atoms with van der Waals surface area (Å²) in [6.45, 7) is 1.89. The molecule has 19 heavy (non-hydrogen) atoms. The molecule has 0 saturated heterocycles. The molecule has 0 radical (unpaired) electrons. The maximum Gasteiger partial charge on any atom is 0.303 e. The van der Waals surface area contributed by atoms with Crippen LogP contribution in [0.5, 0.6) is 0 Å². The first-order chi connectivity index (χ1) is 9.09. The lowest BCUT2D eigenvalue weighted by Gasteiger charge is -2.01. The van der Waals surface area contributed by atoms with E-state index in [0.29, 0.717) is 19.3 Å². The number of rotatable bonds is 6. The molecule has 2 aromatic rings. The highest BCUT2D eigenvalue weighted by Crippen LogP contribution is 2.23. The highest BCUT2D eigenvalue weighted by molar-refractivity contribution is 6.09. The number of hydrogen-bond donors (Lipinski definition) is 2. The summed E-state index contributed by atoms with van der Waals surface area (Å²) >= 11 is 0. The lowest BCUT2D eigenvalue weighted by molar-refractivity contribution is -0.137. The molecule has 1 aromatic carbocycles. The number of ketones is 1. The van der Waals surface area contributed by atoms with Gasteiger partial charge in [-0.3, -0.25) is 9.59 Å². The minimum Gasteiger partial charge on any atom is -0.481 e. The Kier molecular flexibility index (Phi) is 4.00. The van der Waals surface area contributed by atoms with Crippen molar-refractivity contribution in [3.63, 3.8) is 0 Å². The number of aliphatic carboxylic acids is 1. The van der Waals surface area contributed by atoms with Crippen LogP contribution >= 0.6 is 0 Å². The van der Waals surface area contributed by atoms with Crippen LogP contribution in [0.4, 0.5) is 0 Å². The van der Waals surface area contributed by atoms with E-state index in [1.807, 2.05) is 31.2 Å². The van der Waals surface area contributed by atoms with Crippen molar-refractivity contribution >= 4 is 22.7 Å². The molecule has 4 nitrogen and oxygen atoms in total. The van der Waals surface area contributed by atoms with Gasteiger partial charge in [-0.05, 0) is 25.8 Å². The quantitative estimate of drug-likeness (QED) is 0.617. The molecule has 0 bridgehead atoms. The van der Waals surface area contributed by atoms with Gasteiger partial charge in [0.25, 0.3) is 0 Å². The summed E-state index contributed by atoms with van der Waals surface area (Å²) in [6, 6.07) is 7.73. The van der Waals surface area contributed by atoms with Gasteiger partial charge >= 0.3 is 5.97 Å². The molecule has 0 atom stereocenters. The van der Waals surface area contributed by atoms with Gasteiger partial charge < -0.3 is 10.1 Å².